The van der Waals surface area contributed by atoms with E-state index in [1.165, 1.54) is 18.1 Å². The Labute approximate surface area is 148 Å². The van der Waals surface area contributed by atoms with Crippen LogP contribution in [0.1, 0.15) is 57.6 Å². The lowest BCUT2D eigenvalue weighted by Gasteiger charge is -1.97. The lowest BCUT2D eigenvalue weighted by molar-refractivity contribution is -0.141. The van der Waals surface area contributed by atoms with Gasteiger partial charge in [0.15, 0.2) is 0 Å². The van der Waals surface area contributed by atoms with Gasteiger partial charge in [0.2, 0.25) is 0 Å². The molecule has 0 amide bonds. The van der Waals surface area contributed by atoms with Gasteiger partial charge in [0, 0.05) is 13.5 Å². The first kappa shape index (κ1) is 24.9. The molecule has 0 atom stereocenters. The van der Waals surface area contributed by atoms with Gasteiger partial charge in [0.25, 0.3) is 0 Å². The minimum Gasteiger partial charge on any atom is -0.466 e. The standard InChI is InChI=1S/C8H10.C6H12O2.C6H14O2/c1-7-3-5-8(2)6-4-7;1-3-4-5-8-6(2)7;1-2-3-5-8-6-4-7/h3-6H,1-2H3;3-5H2,1-2H3;7H,2-6H2,1H3. The molecule has 0 aliphatic rings. The topological polar surface area (TPSA) is 55.8 Å². The molecular weight excluding hydrogens is 304 g/mol. The Morgan fingerprint density at radius 3 is 1.75 bits per heavy atom. The highest BCUT2D eigenvalue weighted by atomic mass is 16.5. The second-order valence-corrected chi connectivity index (χ2v) is 5.54. The number of esters is 1. The van der Waals surface area contributed by atoms with Crippen molar-refractivity contribution in [3.8, 4) is 0 Å². The van der Waals surface area contributed by atoms with Crippen LogP contribution in [0.4, 0.5) is 0 Å². The molecular formula is C20H36O4. The molecule has 0 radical (unpaired) electrons. The van der Waals surface area contributed by atoms with E-state index in [1.54, 1.807) is 0 Å². The smallest absolute Gasteiger partial charge is 0.302 e. The maximum absolute atomic E-state index is 10.1. The van der Waals surface area contributed by atoms with Crippen LogP contribution in [-0.4, -0.2) is 37.5 Å². The van der Waals surface area contributed by atoms with Gasteiger partial charge in [-0.15, -0.1) is 0 Å². The highest BCUT2D eigenvalue weighted by Gasteiger charge is 1.88. The van der Waals surface area contributed by atoms with Gasteiger partial charge < -0.3 is 14.6 Å². The second-order valence-electron chi connectivity index (χ2n) is 5.54. The number of hydrogen-bond acceptors (Lipinski definition) is 4. The minimum atomic E-state index is -0.182. The lowest BCUT2D eigenvalue weighted by Crippen LogP contribution is -1.99. The number of carbonyl (C=O) groups excluding carboxylic acids is 1. The highest BCUT2D eigenvalue weighted by Crippen LogP contribution is 1.99. The molecule has 1 rings (SSSR count). The molecule has 0 aliphatic carbocycles. The third-order valence-electron chi connectivity index (χ3n) is 2.90. The number of rotatable bonds is 8. The molecule has 0 aromatic heterocycles. The molecule has 1 N–H and O–H groups in total. The molecule has 1 aromatic carbocycles. The summed E-state index contributed by atoms with van der Waals surface area (Å²) in [6.07, 6.45) is 4.30. The average molecular weight is 341 g/mol. The molecule has 0 saturated carbocycles. The van der Waals surface area contributed by atoms with Crippen LogP contribution in [0.5, 0.6) is 0 Å². The summed E-state index contributed by atoms with van der Waals surface area (Å²) in [7, 11) is 0. The van der Waals surface area contributed by atoms with E-state index in [2.05, 4.69) is 56.7 Å². The summed E-state index contributed by atoms with van der Waals surface area (Å²) >= 11 is 0. The van der Waals surface area contributed by atoms with Gasteiger partial charge in [-0.05, 0) is 26.7 Å². The Balaban J connectivity index is 0. The second kappa shape index (κ2) is 19.7. The van der Waals surface area contributed by atoms with Gasteiger partial charge in [0.1, 0.15) is 0 Å². The number of carbonyl (C=O) groups is 1. The molecule has 4 nitrogen and oxygen atoms in total. The molecule has 0 fully saturated rings. The monoisotopic (exact) mass is 340 g/mol. The fourth-order valence-corrected chi connectivity index (χ4v) is 1.41. The molecule has 4 heteroatoms. The quantitative estimate of drug-likeness (QED) is 0.561. The van der Waals surface area contributed by atoms with Crippen LogP contribution in [0.25, 0.3) is 0 Å². The number of unbranched alkanes of at least 4 members (excludes halogenated alkanes) is 2. The maximum Gasteiger partial charge on any atom is 0.302 e. The van der Waals surface area contributed by atoms with E-state index in [0.29, 0.717) is 13.2 Å². The summed E-state index contributed by atoms with van der Waals surface area (Å²) in [6.45, 7) is 11.8. The van der Waals surface area contributed by atoms with Crippen molar-refractivity contribution in [3.05, 3.63) is 35.4 Å². The van der Waals surface area contributed by atoms with Gasteiger partial charge in [-0.2, -0.15) is 0 Å². The third-order valence-corrected chi connectivity index (χ3v) is 2.90. The van der Waals surface area contributed by atoms with Crippen LogP contribution in [0.2, 0.25) is 0 Å². The average Bonchev–Trinajstić information content (AvgIpc) is 2.56. The van der Waals surface area contributed by atoms with E-state index in [-0.39, 0.29) is 12.6 Å². The van der Waals surface area contributed by atoms with Crippen LogP contribution < -0.4 is 0 Å². The normalized spacial score (nSPS) is 9.25. The van der Waals surface area contributed by atoms with Gasteiger partial charge in [-0.3, -0.25) is 4.79 Å². The number of hydrogen-bond donors (Lipinski definition) is 1. The summed E-state index contributed by atoms with van der Waals surface area (Å²) in [4.78, 5) is 10.1. The Morgan fingerprint density at radius 1 is 0.917 bits per heavy atom. The summed E-state index contributed by atoms with van der Waals surface area (Å²) in [5.41, 5.74) is 2.66. The molecule has 0 bridgehead atoms. The van der Waals surface area contributed by atoms with Crippen molar-refractivity contribution in [2.75, 3.05) is 26.4 Å². The van der Waals surface area contributed by atoms with Crippen molar-refractivity contribution in [2.24, 2.45) is 0 Å². The fraction of sp³-hybridized carbons (Fsp3) is 0.650. The Morgan fingerprint density at radius 2 is 1.38 bits per heavy atom. The molecule has 0 unspecified atom stereocenters. The van der Waals surface area contributed by atoms with Crippen molar-refractivity contribution in [1.29, 1.82) is 0 Å². The van der Waals surface area contributed by atoms with Gasteiger partial charge >= 0.3 is 5.97 Å². The van der Waals surface area contributed by atoms with Crippen molar-refractivity contribution in [3.63, 3.8) is 0 Å². The van der Waals surface area contributed by atoms with Crippen molar-refractivity contribution in [1.82, 2.24) is 0 Å². The summed E-state index contributed by atoms with van der Waals surface area (Å²) in [6, 6.07) is 8.48. The number of aryl methyl sites for hydroxylation is 2. The van der Waals surface area contributed by atoms with Crippen LogP contribution in [0.3, 0.4) is 0 Å². The van der Waals surface area contributed by atoms with Crippen LogP contribution in [-0.2, 0) is 14.3 Å². The first-order valence-corrected chi connectivity index (χ1v) is 8.83. The van der Waals surface area contributed by atoms with Crippen LogP contribution >= 0.6 is 0 Å². The molecule has 0 spiro atoms. The van der Waals surface area contributed by atoms with E-state index >= 15 is 0 Å². The Kier molecular flexibility index (Phi) is 20.4. The molecule has 1 aromatic rings. The van der Waals surface area contributed by atoms with Crippen LogP contribution in [0, 0.1) is 13.8 Å². The first-order valence-electron chi connectivity index (χ1n) is 8.83. The van der Waals surface area contributed by atoms with E-state index in [9.17, 15) is 4.79 Å². The maximum atomic E-state index is 10.1. The Bertz CT molecular complexity index is 347. The zero-order chi connectivity index (χ0) is 18.6. The molecule has 0 aliphatic heterocycles. The highest BCUT2D eigenvalue weighted by molar-refractivity contribution is 5.65. The fourth-order valence-electron chi connectivity index (χ4n) is 1.41. The zero-order valence-corrected chi connectivity index (χ0v) is 16.1. The first-order chi connectivity index (χ1) is 11.5. The van der Waals surface area contributed by atoms with E-state index in [0.717, 1.165) is 32.3 Å². The van der Waals surface area contributed by atoms with Crippen molar-refractivity contribution >= 4 is 5.97 Å². The number of aliphatic hydroxyl groups is 1. The number of ether oxygens (including phenoxy) is 2. The van der Waals surface area contributed by atoms with Crippen molar-refractivity contribution < 1.29 is 19.4 Å². The third kappa shape index (κ3) is 22.9. The Hall–Kier alpha value is -1.39. The molecule has 0 heterocycles. The summed E-state index contributed by atoms with van der Waals surface area (Å²) < 4.78 is 9.62. The van der Waals surface area contributed by atoms with Gasteiger partial charge in [0.05, 0.1) is 19.8 Å². The SMILES string of the molecule is CCCCOC(C)=O.CCCCOCCO.Cc1ccc(C)cc1. The van der Waals surface area contributed by atoms with E-state index in [4.69, 9.17) is 9.84 Å². The largest absolute Gasteiger partial charge is 0.466 e. The minimum absolute atomic E-state index is 0.143. The van der Waals surface area contributed by atoms with E-state index < -0.39 is 0 Å². The van der Waals surface area contributed by atoms with Gasteiger partial charge in [-0.1, -0.05) is 62.1 Å². The molecule has 140 valence electrons. The van der Waals surface area contributed by atoms with Crippen molar-refractivity contribution in [2.45, 2.75) is 60.3 Å². The predicted molar refractivity (Wildman–Crippen MR) is 100 cm³/mol. The van der Waals surface area contributed by atoms with Crippen LogP contribution in [0.15, 0.2) is 24.3 Å². The zero-order valence-electron chi connectivity index (χ0n) is 16.1. The molecule has 24 heavy (non-hydrogen) atoms. The predicted octanol–water partition coefficient (Wildman–Crippen LogP) is 4.45. The number of benzene rings is 1. The summed E-state index contributed by atoms with van der Waals surface area (Å²) in [5, 5.41) is 8.24. The van der Waals surface area contributed by atoms with E-state index in [1.807, 2.05) is 0 Å². The van der Waals surface area contributed by atoms with Gasteiger partial charge in [-0.25, -0.2) is 0 Å². The molecule has 0 saturated heterocycles. The lowest BCUT2D eigenvalue weighted by atomic mass is 10.2. The number of aliphatic hydroxyl groups excluding tert-OH is 1. The summed E-state index contributed by atoms with van der Waals surface area (Å²) in [5.74, 6) is -0.182.